The fourth-order valence-electron chi connectivity index (χ4n) is 1.18. The Labute approximate surface area is 92.9 Å². The molecular formula is C12H23NO2. The van der Waals surface area contributed by atoms with E-state index >= 15 is 0 Å². The molecule has 3 heteroatoms. The normalized spacial score (nSPS) is 10.0. The number of amides is 1. The zero-order valence-corrected chi connectivity index (χ0v) is 9.97. The first-order valence-electron chi connectivity index (χ1n) is 5.76. The largest absolute Gasteiger partial charge is 0.377 e. The fraction of sp³-hybridized carbons (Fsp3) is 0.750. The highest BCUT2D eigenvalue weighted by atomic mass is 16.5. The molecule has 0 aromatic heterocycles. The minimum atomic E-state index is -0.106. The van der Waals surface area contributed by atoms with Crippen LogP contribution in [0, 0.1) is 0 Å². The quantitative estimate of drug-likeness (QED) is 0.471. The molecule has 0 aromatic rings. The summed E-state index contributed by atoms with van der Waals surface area (Å²) in [7, 11) is 0. The molecule has 0 aromatic carbocycles. The molecule has 0 saturated carbocycles. The van der Waals surface area contributed by atoms with Crippen molar-refractivity contribution < 1.29 is 9.53 Å². The summed E-state index contributed by atoms with van der Waals surface area (Å²) in [5.74, 6) is -0.106. The summed E-state index contributed by atoms with van der Waals surface area (Å²) in [6.45, 7) is 9.43. The van der Waals surface area contributed by atoms with Gasteiger partial charge in [0, 0.05) is 18.7 Å². The second-order valence-corrected chi connectivity index (χ2v) is 3.58. The Morgan fingerprint density at radius 3 is 2.60 bits per heavy atom. The second kappa shape index (κ2) is 9.71. The van der Waals surface area contributed by atoms with Gasteiger partial charge >= 0.3 is 0 Å². The molecule has 1 N–H and O–H groups in total. The molecule has 88 valence electrons. The Balaban J connectivity index is 3.35. The summed E-state index contributed by atoms with van der Waals surface area (Å²) in [4.78, 5) is 11.2. The summed E-state index contributed by atoms with van der Waals surface area (Å²) in [5, 5.41) is 2.69. The molecule has 0 heterocycles. The number of nitrogens with one attached hydrogen (secondary N) is 1. The summed E-state index contributed by atoms with van der Waals surface area (Å²) < 4.78 is 5.35. The van der Waals surface area contributed by atoms with Gasteiger partial charge in [-0.1, -0.05) is 32.8 Å². The summed E-state index contributed by atoms with van der Waals surface area (Å²) >= 11 is 0. The molecule has 0 fully saturated rings. The number of likely N-dealkylation sites (N-methyl/N-ethyl adjacent to an activating group) is 1. The van der Waals surface area contributed by atoms with Crippen LogP contribution in [-0.2, 0) is 9.53 Å². The summed E-state index contributed by atoms with van der Waals surface area (Å²) in [5.41, 5.74) is 0.507. The molecule has 0 spiro atoms. The number of ether oxygens (including phenoxy) is 1. The molecule has 0 unspecified atom stereocenters. The number of carbonyl (C=O) groups is 1. The van der Waals surface area contributed by atoms with E-state index in [2.05, 4.69) is 18.8 Å². The van der Waals surface area contributed by atoms with E-state index < -0.39 is 0 Å². The molecule has 1 amide bonds. The first-order chi connectivity index (χ1) is 7.22. The van der Waals surface area contributed by atoms with Crippen LogP contribution in [0.1, 0.15) is 39.5 Å². The van der Waals surface area contributed by atoms with Crippen LogP contribution < -0.4 is 5.32 Å². The first-order valence-corrected chi connectivity index (χ1v) is 5.76. The van der Waals surface area contributed by atoms with Gasteiger partial charge in [-0.15, -0.1) is 0 Å². The number of carbonyl (C=O) groups excluding carboxylic acids is 1. The monoisotopic (exact) mass is 213 g/mol. The van der Waals surface area contributed by atoms with Crippen molar-refractivity contribution in [3.8, 4) is 0 Å². The van der Waals surface area contributed by atoms with Crippen molar-refractivity contribution >= 4 is 5.91 Å². The van der Waals surface area contributed by atoms with E-state index in [-0.39, 0.29) is 5.91 Å². The Hall–Kier alpha value is -0.830. The third-order valence-corrected chi connectivity index (χ3v) is 2.08. The van der Waals surface area contributed by atoms with Crippen LogP contribution in [0.5, 0.6) is 0 Å². The zero-order valence-electron chi connectivity index (χ0n) is 9.97. The number of unbranched alkanes of at least 4 members (excludes halogenated alkanes) is 3. The van der Waals surface area contributed by atoms with E-state index in [0.29, 0.717) is 18.7 Å². The molecule has 0 radical (unpaired) electrons. The van der Waals surface area contributed by atoms with E-state index in [9.17, 15) is 4.79 Å². The highest BCUT2D eigenvalue weighted by molar-refractivity contribution is 5.92. The van der Waals surface area contributed by atoms with Crippen LogP contribution in [0.2, 0.25) is 0 Å². The van der Waals surface area contributed by atoms with Gasteiger partial charge in [-0.05, 0) is 13.3 Å². The lowest BCUT2D eigenvalue weighted by atomic mass is 10.2. The van der Waals surface area contributed by atoms with Crippen molar-refractivity contribution in [2.24, 2.45) is 0 Å². The molecule has 0 rings (SSSR count). The summed E-state index contributed by atoms with van der Waals surface area (Å²) in [6, 6.07) is 0. The lowest BCUT2D eigenvalue weighted by Crippen LogP contribution is -2.26. The topological polar surface area (TPSA) is 38.3 Å². The molecular weight excluding hydrogens is 190 g/mol. The van der Waals surface area contributed by atoms with Gasteiger partial charge in [0.25, 0.3) is 0 Å². The van der Waals surface area contributed by atoms with E-state index in [1.54, 1.807) is 0 Å². The van der Waals surface area contributed by atoms with Gasteiger partial charge in [0.05, 0.1) is 6.61 Å². The van der Waals surface area contributed by atoms with Crippen LogP contribution in [0.3, 0.4) is 0 Å². The third kappa shape index (κ3) is 8.18. The summed E-state index contributed by atoms with van der Waals surface area (Å²) in [6.07, 6.45) is 4.74. The van der Waals surface area contributed by atoms with Gasteiger partial charge in [-0.25, -0.2) is 0 Å². The lowest BCUT2D eigenvalue weighted by molar-refractivity contribution is -0.118. The van der Waals surface area contributed by atoms with E-state index in [4.69, 9.17) is 4.74 Å². The van der Waals surface area contributed by atoms with Crippen molar-refractivity contribution in [1.82, 2.24) is 5.32 Å². The van der Waals surface area contributed by atoms with Crippen LogP contribution in [0.4, 0.5) is 0 Å². The maximum atomic E-state index is 11.2. The van der Waals surface area contributed by atoms with Crippen LogP contribution in [-0.4, -0.2) is 25.7 Å². The minimum Gasteiger partial charge on any atom is -0.377 e. The molecule has 0 bridgehead atoms. The Bertz CT molecular complexity index is 190. The van der Waals surface area contributed by atoms with Crippen molar-refractivity contribution in [3.05, 3.63) is 12.2 Å². The highest BCUT2D eigenvalue weighted by Gasteiger charge is 2.04. The van der Waals surface area contributed by atoms with Gasteiger partial charge in [-0.3, -0.25) is 4.79 Å². The van der Waals surface area contributed by atoms with Crippen molar-refractivity contribution in [2.75, 3.05) is 19.8 Å². The third-order valence-electron chi connectivity index (χ3n) is 2.08. The fourth-order valence-corrected chi connectivity index (χ4v) is 1.18. The smallest absolute Gasteiger partial charge is 0.248 e. The van der Waals surface area contributed by atoms with Gasteiger partial charge in [0.2, 0.25) is 5.91 Å². The maximum absolute atomic E-state index is 11.2. The standard InChI is InChI=1S/C12H23NO2/c1-4-6-7-8-9-15-10-11(3)12(14)13-5-2/h3-10H2,1-2H3,(H,13,14). The second-order valence-electron chi connectivity index (χ2n) is 3.58. The van der Waals surface area contributed by atoms with Gasteiger partial charge < -0.3 is 10.1 Å². The SMILES string of the molecule is C=C(COCCCCCC)C(=O)NCC. The maximum Gasteiger partial charge on any atom is 0.248 e. The lowest BCUT2D eigenvalue weighted by Gasteiger charge is -2.06. The van der Waals surface area contributed by atoms with Crippen LogP contribution in [0.25, 0.3) is 0 Å². The molecule has 0 aliphatic heterocycles. The van der Waals surface area contributed by atoms with Gasteiger partial charge in [0.1, 0.15) is 0 Å². The Morgan fingerprint density at radius 1 is 1.27 bits per heavy atom. The Kier molecular flexibility index (Phi) is 9.18. The van der Waals surface area contributed by atoms with Crippen molar-refractivity contribution in [1.29, 1.82) is 0 Å². The average Bonchev–Trinajstić information content (AvgIpc) is 2.23. The number of hydrogen-bond acceptors (Lipinski definition) is 2. The van der Waals surface area contributed by atoms with Crippen molar-refractivity contribution in [3.63, 3.8) is 0 Å². The van der Waals surface area contributed by atoms with E-state index in [1.165, 1.54) is 19.3 Å². The number of hydrogen-bond donors (Lipinski definition) is 1. The van der Waals surface area contributed by atoms with E-state index in [1.807, 2.05) is 6.92 Å². The molecule has 3 nitrogen and oxygen atoms in total. The van der Waals surface area contributed by atoms with E-state index in [0.717, 1.165) is 13.0 Å². The molecule has 0 aliphatic rings. The Morgan fingerprint density at radius 2 is 2.00 bits per heavy atom. The first kappa shape index (κ1) is 14.2. The van der Waals surface area contributed by atoms with Crippen molar-refractivity contribution in [2.45, 2.75) is 39.5 Å². The average molecular weight is 213 g/mol. The molecule has 0 aliphatic carbocycles. The van der Waals surface area contributed by atoms with Gasteiger partial charge in [0.15, 0.2) is 0 Å². The zero-order chi connectivity index (χ0) is 11.5. The molecule has 0 atom stereocenters. The predicted molar refractivity (Wildman–Crippen MR) is 62.8 cm³/mol. The van der Waals surface area contributed by atoms with Crippen LogP contribution in [0.15, 0.2) is 12.2 Å². The molecule has 15 heavy (non-hydrogen) atoms. The number of rotatable bonds is 9. The van der Waals surface area contributed by atoms with Gasteiger partial charge in [-0.2, -0.15) is 0 Å². The van der Waals surface area contributed by atoms with Crippen LogP contribution >= 0.6 is 0 Å². The predicted octanol–water partition coefficient (Wildman–Crippen LogP) is 2.28. The minimum absolute atomic E-state index is 0.106. The molecule has 0 saturated heterocycles. The highest BCUT2D eigenvalue weighted by Crippen LogP contribution is 2.00.